The number of hydrogen-bond acceptors (Lipinski definition) is 8. The molecule has 4 aromatic rings. The largest absolute Gasteiger partial charge is 0.458 e. The number of fused-ring (bicyclic) bond motifs is 1. The van der Waals surface area contributed by atoms with Gasteiger partial charge in [-0.1, -0.05) is 17.3 Å². The number of aromatic nitrogens is 4. The number of carbonyl (C=O) groups is 2. The van der Waals surface area contributed by atoms with E-state index in [1.807, 2.05) is 0 Å². The highest BCUT2D eigenvalue weighted by Gasteiger charge is 2.13. The summed E-state index contributed by atoms with van der Waals surface area (Å²) in [5.74, 6) is 0.506. The molecule has 11 heteroatoms. The minimum atomic E-state index is -0.451. The van der Waals surface area contributed by atoms with Crippen molar-refractivity contribution in [2.75, 3.05) is 5.32 Å². The van der Waals surface area contributed by atoms with Crippen LogP contribution in [0.2, 0.25) is 0 Å². The van der Waals surface area contributed by atoms with E-state index in [0.717, 1.165) is 4.68 Å². The van der Waals surface area contributed by atoms with Crippen molar-refractivity contribution in [1.82, 2.24) is 25.3 Å². The maximum Gasteiger partial charge on any atom is 0.278 e. The van der Waals surface area contributed by atoms with Crippen LogP contribution in [-0.2, 0) is 22.7 Å². The Morgan fingerprint density at radius 2 is 2.03 bits per heavy atom. The van der Waals surface area contributed by atoms with Crippen molar-refractivity contribution in [2.45, 2.75) is 20.0 Å². The van der Waals surface area contributed by atoms with Crippen LogP contribution in [0.1, 0.15) is 12.7 Å². The van der Waals surface area contributed by atoms with Gasteiger partial charge in [-0.3, -0.25) is 14.4 Å². The van der Waals surface area contributed by atoms with Crippen LogP contribution >= 0.6 is 11.3 Å². The standard InChI is InChI=1S/C19H16N6O4S/c1-11(26)20-8-12-6-7-16(29-12)15-10-30-19(21-15)22-17(27)9-25-18(28)13-4-2-3-5-14(13)23-24-25/h2-7,10H,8-9H2,1H3,(H,20,26)(H,21,22,27). The Labute approximate surface area is 173 Å². The normalized spacial score (nSPS) is 10.8. The number of thiazole rings is 1. The molecule has 0 saturated heterocycles. The van der Waals surface area contributed by atoms with Gasteiger partial charge in [0.2, 0.25) is 11.8 Å². The molecule has 0 fully saturated rings. The van der Waals surface area contributed by atoms with Gasteiger partial charge >= 0.3 is 0 Å². The summed E-state index contributed by atoms with van der Waals surface area (Å²) in [4.78, 5) is 40.1. The second-order valence-corrected chi connectivity index (χ2v) is 7.19. The molecule has 0 saturated carbocycles. The number of benzene rings is 1. The highest BCUT2D eigenvalue weighted by atomic mass is 32.1. The van der Waals surface area contributed by atoms with Crippen molar-refractivity contribution < 1.29 is 14.0 Å². The lowest BCUT2D eigenvalue weighted by Gasteiger charge is -2.04. The Kier molecular flexibility index (Phi) is 5.35. The molecular weight excluding hydrogens is 408 g/mol. The minimum Gasteiger partial charge on any atom is -0.458 e. The highest BCUT2D eigenvalue weighted by molar-refractivity contribution is 7.14. The van der Waals surface area contributed by atoms with Crippen molar-refractivity contribution >= 4 is 39.2 Å². The van der Waals surface area contributed by atoms with Gasteiger partial charge in [-0.05, 0) is 24.3 Å². The van der Waals surface area contributed by atoms with Crippen LogP contribution in [0.5, 0.6) is 0 Å². The Morgan fingerprint density at radius 1 is 1.20 bits per heavy atom. The van der Waals surface area contributed by atoms with Crippen LogP contribution in [0, 0.1) is 0 Å². The Hall–Kier alpha value is -3.86. The van der Waals surface area contributed by atoms with Gasteiger partial charge in [0.05, 0.1) is 11.9 Å². The summed E-state index contributed by atoms with van der Waals surface area (Å²) < 4.78 is 6.65. The molecule has 2 N–H and O–H groups in total. The first kappa shape index (κ1) is 19.5. The molecule has 4 rings (SSSR count). The molecule has 1 aromatic carbocycles. The predicted molar refractivity (Wildman–Crippen MR) is 110 cm³/mol. The van der Waals surface area contributed by atoms with E-state index in [1.54, 1.807) is 41.8 Å². The van der Waals surface area contributed by atoms with Crippen LogP contribution in [0.3, 0.4) is 0 Å². The summed E-state index contributed by atoms with van der Waals surface area (Å²) in [6.45, 7) is 1.43. The maximum atomic E-state index is 12.4. The molecule has 3 aromatic heterocycles. The SMILES string of the molecule is CC(=O)NCc1ccc(-c2csc(NC(=O)Cn3nnc4ccccc4c3=O)n2)o1. The molecule has 0 atom stereocenters. The van der Waals surface area contributed by atoms with E-state index in [4.69, 9.17) is 4.42 Å². The summed E-state index contributed by atoms with van der Waals surface area (Å²) in [7, 11) is 0. The lowest BCUT2D eigenvalue weighted by atomic mass is 10.2. The van der Waals surface area contributed by atoms with Gasteiger partial charge in [0, 0.05) is 12.3 Å². The Morgan fingerprint density at radius 3 is 2.87 bits per heavy atom. The molecule has 0 aliphatic heterocycles. The molecular formula is C19H16N6O4S. The van der Waals surface area contributed by atoms with E-state index in [1.165, 1.54) is 18.3 Å². The van der Waals surface area contributed by atoms with Crippen molar-refractivity contribution in [2.24, 2.45) is 0 Å². The smallest absolute Gasteiger partial charge is 0.278 e. The van der Waals surface area contributed by atoms with Crippen molar-refractivity contribution in [1.29, 1.82) is 0 Å². The van der Waals surface area contributed by atoms with Crippen molar-refractivity contribution in [3.8, 4) is 11.5 Å². The molecule has 0 spiro atoms. The van der Waals surface area contributed by atoms with E-state index in [-0.39, 0.29) is 19.0 Å². The number of carbonyl (C=O) groups excluding carboxylic acids is 2. The van der Waals surface area contributed by atoms with Gasteiger partial charge in [-0.2, -0.15) is 0 Å². The van der Waals surface area contributed by atoms with Gasteiger partial charge in [0.1, 0.15) is 23.5 Å². The van der Waals surface area contributed by atoms with Gasteiger partial charge < -0.3 is 15.1 Å². The average molecular weight is 424 g/mol. The van der Waals surface area contributed by atoms with Crippen molar-refractivity contribution in [3.05, 3.63) is 57.9 Å². The van der Waals surface area contributed by atoms with E-state index < -0.39 is 11.5 Å². The zero-order valence-corrected chi connectivity index (χ0v) is 16.6. The number of furan rings is 1. The van der Waals surface area contributed by atoms with Crippen LogP contribution < -0.4 is 16.2 Å². The maximum absolute atomic E-state index is 12.4. The fourth-order valence-corrected chi connectivity index (χ4v) is 3.40. The minimum absolute atomic E-state index is 0.151. The van der Waals surface area contributed by atoms with Crippen LogP contribution in [0.4, 0.5) is 5.13 Å². The first-order valence-corrected chi connectivity index (χ1v) is 9.79. The molecule has 30 heavy (non-hydrogen) atoms. The highest BCUT2D eigenvalue weighted by Crippen LogP contribution is 2.26. The number of nitrogens with one attached hydrogen (secondary N) is 2. The third-order valence-electron chi connectivity index (χ3n) is 4.10. The summed E-state index contributed by atoms with van der Waals surface area (Å²) in [6, 6.07) is 10.3. The lowest BCUT2D eigenvalue weighted by molar-refractivity contribution is -0.119. The number of anilines is 1. The molecule has 0 radical (unpaired) electrons. The number of rotatable bonds is 6. The third-order valence-corrected chi connectivity index (χ3v) is 4.86. The van der Waals surface area contributed by atoms with Gasteiger partial charge in [-0.25, -0.2) is 9.67 Å². The van der Waals surface area contributed by atoms with E-state index in [9.17, 15) is 14.4 Å². The van der Waals surface area contributed by atoms with Crippen LogP contribution in [-0.4, -0.2) is 31.8 Å². The van der Waals surface area contributed by atoms with E-state index >= 15 is 0 Å². The average Bonchev–Trinajstić information content (AvgIpc) is 3.38. The van der Waals surface area contributed by atoms with Crippen LogP contribution in [0.25, 0.3) is 22.4 Å². The first-order chi connectivity index (χ1) is 14.5. The molecule has 10 nitrogen and oxygen atoms in total. The Balaban J connectivity index is 1.43. The molecule has 0 aliphatic rings. The van der Waals surface area contributed by atoms with Gasteiger partial charge in [0.25, 0.3) is 5.56 Å². The molecule has 0 aliphatic carbocycles. The van der Waals surface area contributed by atoms with Crippen LogP contribution in [0.15, 0.2) is 51.0 Å². The molecule has 3 heterocycles. The number of nitrogens with zero attached hydrogens (tertiary/aromatic N) is 4. The fraction of sp³-hybridized carbons (Fsp3) is 0.158. The molecule has 0 bridgehead atoms. The molecule has 2 amide bonds. The number of amides is 2. The zero-order valence-electron chi connectivity index (χ0n) is 15.8. The quantitative estimate of drug-likeness (QED) is 0.482. The van der Waals surface area contributed by atoms with Crippen molar-refractivity contribution in [3.63, 3.8) is 0 Å². The van der Waals surface area contributed by atoms with Gasteiger partial charge in [0.15, 0.2) is 10.9 Å². The zero-order chi connectivity index (χ0) is 21.1. The predicted octanol–water partition coefficient (Wildman–Crippen LogP) is 1.78. The van der Waals surface area contributed by atoms with E-state index in [0.29, 0.717) is 33.2 Å². The monoisotopic (exact) mass is 424 g/mol. The van der Waals surface area contributed by atoms with E-state index in [2.05, 4.69) is 25.9 Å². The summed E-state index contributed by atoms with van der Waals surface area (Å²) in [5.41, 5.74) is 0.630. The summed E-state index contributed by atoms with van der Waals surface area (Å²) in [5, 5.41) is 15.5. The molecule has 0 unspecified atom stereocenters. The summed E-state index contributed by atoms with van der Waals surface area (Å²) >= 11 is 1.22. The number of hydrogen-bond donors (Lipinski definition) is 2. The molecule has 152 valence electrons. The second kappa shape index (κ2) is 8.25. The fourth-order valence-electron chi connectivity index (χ4n) is 2.69. The Bertz CT molecular complexity index is 1290. The summed E-state index contributed by atoms with van der Waals surface area (Å²) in [6.07, 6.45) is 0. The first-order valence-electron chi connectivity index (χ1n) is 8.91. The second-order valence-electron chi connectivity index (χ2n) is 6.33. The lowest BCUT2D eigenvalue weighted by Crippen LogP contribution is -2.30. The topological polar surface area (TPSA) is 132 Å². The third kappa shape index (κ3) is 4.25. The van der Waals surface area contributed by atoms with Gasteiger partial charge in [-0.15, -0.1) is 16.4 Å².